The maximum Gasteiger partial charge on any atom is 0.407 e. The van der Waals surface area contributed by atoms with Crippen LogP contribution in [0, 0.1) is 11.3 Å². The second-order valence-corrected chi connectivity index (χ2v) is 3.93. The number of amides is 1. The lowest BCUT2D eigenvalue weighted by Crippen LogP contribution is -2.55. The summed E-state index contributed by atoms with van der Waals surface area (Å²) in [6.45, 7) is 5.94. The molecule has 1 fully saturated rings. The van der Waals surface area contributed by atoms with Crippen molar-refractivity contribution in [2.24, 2.45) is 0 Å². The molecule has 0 bridgehead atoms. The van der Waals surface area contributed by atoms with Gasteiger partial charge < -0.3 is 10.0 Å². The van der Waals surface area contributed by atoms with Crippen molar-refractivity contribution in [3.63, 3.8) is 0 Å². The number of carbonyl (C=O) groups is 1. The van der Waals surface area contributed by atoms with Crippen molar-refractivity contribution in [3.8, 4) is 6.07 Å². The molecule has 1 saturated heterocycles. The fourth-order valence-corrected chi connectivity index (χ4v) is 1.53. The van der Waals surface area contributed by atoms with E-state index in [4.69, 9.17) is 10.4 Å². The molecule has 0 aliphatic carbocycles. The topological polar surface area (TPSA) is 67.6 Å². The molecule has 78 valence electrons. The molecular formula is C9H15N3O2. The third kappa shape index (κ3) is 2.15. The van der Waals surface area contributed by atoms with Crippen LogP contribution in [0.1, 0.15) is 13.8 Å². The molecule has 0 aromatic rings. The maximum atomic E-state index is 10.6. The third-order valence-corrected chi connectivity index (χ3v) is 2.61. The first-order valence-electron chi connectivity index (χ1n) is 4.61. The van der Waals surface area contributed by atoms with Crippen molar-refractivity contribution in [3.05, 3.63) is 0 Å². The van der Waals surface area contributed by atoms with Crippen LogP contribution in [0.4, 0.5) is 4.79 Å². The largest absolute Gasteiger partial charge is 0.465 e. The van der Waals surface area contributed by atoms with E-state index in [-0.39, 0.29) is 0 Å². The second-order valence-electron chi connectivity index (χ2n) is 3.93. The van der Waals surface area contributed by atoms with Crippen molar-refractivity contribution in [2.45, 2.75) is 19.4 Å². The first-order chi connectivity index (χ1) is 6.47. The van der Waals surface area contributed by atoms with Gasteiger partial charge in [-0.2, -0.15) is 5.26 Å². The highest BCUT2D eigenvalue weighted by atomic mass is 16.4. The van der Waals surface area contributed by atoms with E-state index in [0.29, 0.717) is 26.2 Å². The van der Waals surface area contributed by atoms with Gasteiger partial charge in [0.15, 0.2) is 0 Å². The van der Waals surface area contributed by atoms with E-state index in [1.807, 2.05) is 18.7 Å². The average molecular weight is 197 g/mol. The van der Waals surface area contributed by atoms with Gasteiger partial charge in [0.25, 0.3) is 0 Å². The monoisotopic (exact) mass is 197 g/mol. The average Bonchev–Trinajstić information content (AvgIpc) is 2.18. The molecule has 0 atom stereocenters. The summed E-state index contributed by atoms with van der Waals surface area (Å²) in [5, 5.41) is 17.6. The summed E-state index contributed by atoms with van der Waals surface area (Å²) < 4.78 is 0. The Kier molecular flexibility index (Phi) is 2.96. The van der Waals surface area contributed by atoms with E-state index in [2.05, 4.69) is 6.07 Å². The van der Waals surface area contributed by atoms with Gasteiger partial charge in [0.2, 0.25) is 0 Å². The number of piperazine rings is 1. The zero-order valence-electron chi connectivity index (χ0n) is 8.53. The van der Waals surface area contributed by atoms with Crippen molar-refractivity contribution < 1.29 is 9.90 Å². The number of hydrogen-bond acceptors (Lipinski definition) is 3. The molecule has 1 aliphatic rings. The van der Waals surface area contributed by atoms with Crippen LogP contribution in [0.2, 0.25) is 0 Å². The second kappa shape index (κ2) is 3.84. The van der Waals surface area contributed by atoms with Crippen molar-refractivity contribution in [1.82, 2.24) is 9.80 Å². The van der Waals surface area contributed by atoms with E-state index >= 15 is 0 Å². The zero-order chi connectivity index (χ0) is 10.8. The third-order valence-electron chi connectivity index (χ3n) is 2.61. The van der Waals surface area contributed by atoms with E-state index in [0.717, 1.165) is 0 Å². The molecule has 14 heavy (non-hydrogen) atoms. The summed E-state index contributed by atoms with van der Waals surface area (Å²) in [7, 11) is 0. The molecule has 0 spiro atoms. The van der Waals surface area contributed by atoms with E-state index in [9.17, 15) is 4.79 Å². The van der Waals surface area contributed by atoms with E-state index < -0.39 is 11.6 Å². The Hall–Kier alpha value is -1.28. The predicted octanol–water partition coefficient (Wildman–Crippen LogP) is 0.584. The van der Waals surface area contributed by atoms with Crippen molar-refractivity contribution in [1.29, 1.82) is 5.26 Å². The van der Waals surface area contributed by atoms with Gasteiger partial charge in [-0.1, -0.05) is 0 Å². The highest BCUT2D eigenvalue weighted by Gasteiger charge is 2.30. The number of hydrogen-bond donors (Lipinski definition) is 1. The molecule has 1 N–H and O–H groups in total. The molecule has 1 heterocycles. The van der Waals surface area contributed by atoms with Crippen LogP contribution in [0.15, 0.2) is 0 Å². The number of nitriles is 1. The molecule has 1 amide bonds. The van der Waals surface area contributed by atoms with Crippen LogP contribution in [-0.4, -0.2) is 52.7 Å². The standard InChI is InChI=1S/C9H15N3O2/c1-9(2,7-10)12-5-3-11(4-6-12)8(13)14/h3-6H2,1-2H3,(H,13,14). The van der Waals surface area contributed by atoms with Crippen LogP contribution in [0.5, 0.6) is 0 Å². The highest BCUT2D eigenvalue weighted by Crippen LogP contribution is 2.15. The summed E-state index contributed by atoms with van der Waals surface area (Å²) >= 11 is 0. The minimum Gasteiger partial charge on any atom is -0.465 e. The number of rotatable bonds is 1. The van der Waals surface area contributed by atoms with E-state index in [1.165, 1.54) is 4.90 Å². The molecule has 1 aliphatic heterocycles. The highest BCUT2D eigenvalue weighted by molar-refractivity contribution is 5.65. The SMILES string of the molecule is CC(C)(C#N)N1CCN(C(=O)O)CC1. The predicted molar refractivity (Wildman–Crippen MR) is 50.9 cm³/mol. The Morgan fingerprint density at radius 2 is 1.86 bits per heavy atom. The summed E-state index contributed by atoms with van der Waals surface area (Å²) in [4.78, 5) is 14.0. The zero-order valence-corrected chi connectivity index (χ0v) is 8.53. The molecule has 0 aromatic heterocycles. The minimum absolute atomic E-state index is 0.487. The minimum atomic E-state index is -0.876. The molecular weight excluding hydrogens is 182 g/mol. The Bertz CT molecular complexity index is 262. The molecule has 5 heteroatoms. The molecule has 0 saturated carbocycles. The van der Waals surface area contributed by atoms with Crippen LogP contribution in [0.25, 0.3) is 0 Å². The molecule has 1 rings (SSSR count). The normalized spacial score (nSPS) is 19.1. The van der Waals surface area contributed by atoms with Crippen molar-refractivity contribution in [2.75, 3.05) is 26.2 Å². The Balaban J connectivity index is 2.52. The summed E-state index contributed by atoms with van der Waals surface area (Å²) in [5.41, 5.74) is -0.495. The summed E-state index contributed by atoms with van der Waals surface area (Å²) in [5.74, 6) is 0. The fraction of sp³-hybridized carbons (Fsp3) is 0.778. The van der Waals surface area contributed by atoms with Crippen LogP contribution >= 0.6 is 0 Å². The van der Waals surface area contributed by atoms with Crippen LogP contribution in [0.3, 0.4) is 0 Å². The quantitative estimate of drug-likeness (QED) is 0.667. The Labute approximate surface area is 83.5 Å². The molecule has 0 unspecified atom stereocenters. The first-order valence-corrected chi connectivity index (χ1v) is 4.61. The van der Waals surface area contributed by atoms with Crippen molar-refractivity contribution >= 4 is 6.09 Å². The smallest absolute Gasteiger partial charge is 0.407 e. The van der Waals surface area contributed by atoms with Crippen LogP contribution < -0.4 is 0 Å². The Morgan fingerprint density at radius 3 is 2.21 bits per heavy atom. The first kappa shape index (κ1) is 10.8. The van der Waals surface area contributed by atoms with Gasteiger partial charge >= 0.3 is 6.09 Å². The van der Waals surface area contributed by atoms with Gasteiger partial charge in [0.1, 0.15) is 5.54 Å². The van der Waals surface area contributed by atoms with Gasteiger partial charge in [-0.15, -0.1) is 0 Å². The molecule has 0 aromatic carbocycles. The van der Waals surface area contributed by atoms with Gasteiger partial charge in [0.05, 0.1) is 6.07 Å². The molecule has 5 nitrogen and oxygen atoms in total. The summed E-state index contributed by atoms with van der Waals surface area (Å²) in [6.07, 6.45) is -0.876. The number of carboxylic acid groups (broad SMARTS) is 1. The van der Waals surface area contributed by atoms with Gasteiger partial charge in [-0.05, 0) is 13.8 Å². The van der Waals surface area contributed by atoms with E-state index in [1.54, 1.807) is 0 Å². The van der Waals surface area contributed by atoms with Crippen LogP contribution in [-0.2, 0) is 0 Å². The number of nitrogens with zero attached hydrogens (tertiary/aromatic N) is 3. The molecule has 0 radical (unpaired) electrons. The Morgan fingerprint density at radius 1 is 1.36 bits per heavy atom. The van der Waals surface area contributed by atoms with Gasteiger partial charge in [-0.25, -0.2) is 4.79 Å². The maximum absolute atomic E-state index is 10.6. The lowest BCUT2D eigenvalue weighted by molar-refractivity contribution is 0.0737. The van der Waals surface area contributed by atoms with Gasteiger partial charge in [0, 0.05) is 26.2 Å². The lowest BCUT2D eigenvalue weighted by Gasteiger charge is -2.39. The van der Waals surface area contributed by atoms with Gasteiger partial charge in [-0.3, -0.25) is 4.90 Å². The lowest BCUT2D eigenvalue weighted by atomic mass is 10.0. The summed E-state index contributed by atoms with van der Waals surface area (Å²) in [6, 6.07) is 2.22. The fourth-order valence-electron chi connectivity index (χ4n) is 1.53.